The van der Waals surface area contributed by atoms with E-state index in [0.717, 1.165) is 47.2 Å². The third kappa shape index (κ3) is 3.25. The number of benzene rings is 2. The van der Waals surface area contributed by atoms with E-state index in [0.29, 0.717) is 5.75 Å². The fourth-order valence-corrected chi connectivity index (χ4v) is 4.24. The van der Waals surface area contributed by atoms with Gasteiger partial charge in [0.15, 0.2) is 11.5 Å². The van der Waals surface area contributed by atoms with Crippen molar-refractivity contribution in [1.82, 2.24) is 0 Å². The highest BCUT2D eigenvalue weighted by molar-refractivity contribution is 7.99. The zero-order valence-electron chi connectivity index (χ0n) is 13.3. The Morgan fingerprint density at radius 2 is 1.76 bits per heavy atom. The molecule has 0 aromatic heterocycles. The SMILES string of the molecule is FC(F)(F)c1ccc([C@H]2CSCCN2c2ccc3c(c2)OCO3)cc1. The van der Waals surface area contributed by atoms with Crippen LogP contribution in [-0.4, -0.2) is 24.8 Å². The lowest BCUT2D eigenvalue weighted by Crippen LogP contribution is -2.36. The molecule has 25 heavy (non-hydrogen) atoms. The first-order valence-corrected chi connectivity index (χ1v) is 9.09. The predicted octanol–water partition coefficient (Wildman–Crippen LogP) is 4.73. The van der Waals surface area contributed by atoms with E-state index in [-0.39, 0.29) is 12.8 Å². The molecule has 0 radical (unpaired) electrons. The minimum absolute atomic E-state index is 0.0291. The summed E-state index contributed by atoms with van der Waals surface area (Å²) in [4.78, 5) is 2.22. The second-order valence-electron chi connectivity index (χ2n) is 5.94. The minimum Gasteiger partial charge on any atom is -0.454 e. The summed E-state index contributed by atoms with van der Waals surface area (Å²) in [5.74, 6) is 3.24. The molecule has 2 heterocycles. The molecule has 4 rings (SSSR count). The molecular formula is C18H16F3NO2S. The van der Waals surface area contributed by atoms with Gasteiger partial charge in [-0.1, -0.05) is 12.1 Å². The molecule has 132 valence electrons. The summed E-state index contributed by atoms with van der Waals surface area (Å²) in [6.07, 6.45) is -4.31. The van der Waals surface area contributed by atoms with E-state index in [1.165, 1.54) is 0 Å². The van der Waals surface area contributed by atoms with Crippen molar-refractivity contribution in [1.29, 1.82) is 0 Å². The Labute approximate surface area is 147 Å². The highest BCUT2D eigenvalue weighted by atomic mass is 32.2. The normalized spacial score (nSPS) is 20.0. The van der Waals surface area contributed by atoms with Crippen LogP contribution >= 0.6 is 11.8 Å². The molecule has 1 fully saturated rings. The number of nitrogens with zero attached hydrogens (tertiary/aromatic N) is 1. The van der Waals surface area contributed by atoms with Crippen LogP contribution in [0.5, 0.6) is 11.5 Å². The third-order valence-electron chi connectivity index (χ3n) is 4.44. The van der Waals surface area contributed by atoms with Crippen molar-refractivity contribution >= 4 is 17.4 Å². The van der Waals surface area contributed by atoms with Gasteiger partial charge in [0.2, 0.25) is 6.79 Å². The average Bonchev–Trinajstić information content (AvgIpc) is 3.09. The number of hydrogen-bond donors (Lipinski definition) is 0. The molecule has 3 nitrogen and oxygen atoms in total. The quantitative estimate of drug-likeness (QED) is 0.765. The van der Waals surface area contributed by atoms with Gasteiger partial charge in [-0.15, -0.1) is 0 Å². The first kappa shape index (κ1) is 16.4. The molecule has 2 aliphatic rings. The van der Waals surface area contributed by atoms with Gasteiger partial charge in [-0.2, -0.15) is 24.9 Å². The van der Waals surface area contributed by atoms with Crippen molar-refractivity contribution in [2.24, 2.45) is 0 Å². The lowest BCUT2D eigenvalue weighted by Gasteiger charge is -2.37. The van der Waals surface area contributed by atoms with Crippen molar-refractivity contribution in [3.05, 3.63) is 53.6 Å². The maximum atomic E-state index is 12.8. The Bertz CT molecular complexity index is 764. The number of halogens is 3. The van der Waals surface area contributed by atoms with Gasteiger partial charge in [-0.3, -0.25) is 0 Å². The first-order valence-electron chi connectivity index (χ1n) is 7.93. The van der Waals surface area contributed by atoms with E-state index in [9.17, 15) is 13.2 Å². The number of alkyl halides is 3. The van der Waals surface area contributed by atoms with Crippen molar-refractivity contribution in [3.8, 4) is 11.5 Å². The summed E-state index contributed by atoms with van der Waals surface area (Å²) in [6.45, 7) is 1.05. The summed E-state index contributed by atoms with van der Waals surface area (Å²) in [5.41, 5.74) is 1.27. The van der Waals surface area contributed by atoms with Crippen LogP contribution in [0.15, 0.2) is 42.5 Å². The second kappa shape index (κ2) is 6.37. The highest BCUT2D eigenvalue weighted by Gasteiger charge is 2.31. The Kier molecular flexibility index (Phi) is 4.19. The molecule has 2 aromatic carbocycles. The van der Waals surface area contributed by atoms with Gasteiger partial charge < -0.3 is 14.4 Å². The fraction of sp³-hybridized carbons (Fsp3) is 0.333. The molecule has 0 N–H and O–H groups in total. The van der Waals surface area contributed by atoms with Gasteiger partial charge >= 0.3 is 6.18 Å². The lowest BCUT2D eigenvalue weighted by atomic mass is 10.0. The molecule has 0 bridgehead atoms. The molecule has 1 saturated heterocycles. The van der Waals surface area contributed by atoms with Crippen molar-refractivity contribution in [2.45, 2.75) is 12.2 Å². The monoisotopic (exact) mass is 367 g/mol. The Balaban J connectivity index is 1.63. The summed E-state index contributed by atoms with van der Waals surface area (Å²) in [7, 11) is 0. The van der Waals surface area contributed by atoms with Gasteiger partial charge in [0.1, 0.15) is 0 Å². The van der Waals surface area contributed by atoms with Gasteiger partial charge in [0, 0.05) is 29.8 Å². The van der Waals surface area contributed by atoms with Crippen LogP contribution in [0.4, 0.5) is 18.9 Å². The Morgan fingerprint density at radius 1 is 1.00 bits per heavy atom. The maximum absolute atomic E-state index is 12.8. The summed E-state index contributed by atoms with van der Waals surface area (Å²) < 4.78 is 49.2. The zero-order chi connectivity index (χ0) is 17.4. The number of fused-ring (bicyclic) bond motifs is 1. The third-order valence-corrected chi connectivity index (χ3v) is 5.46. The van der Waals surface area contributed by atoms with Crippen molar-refractivity contribution in [2.75, 3.05) is 29.7 Å². The lowest BCUT2D eigenvalue weighted by molar-refractivity contribution is -0.137. The van der Waals surface area contributed by atoms with Crippen LogP contribution in [0.1, 0.15) is 17.2 Å². The number of anilines is 1. The Hall–Kier alpha value is -2.02. The molecule has 2 aromatic rings. The van der Waals surface area contributed by atoms with Gasteiger partial charge in [0.25, 0.3) is 0 Å². The van der Waals surface area contributed by atoms with Gasteiger partial charge in [-0.25, -0.2) is 0 Å². The van der Waals surface area contributed by atoms with Gasteiger partial charge in [0.05, 0.1) is 11.6 Å². The van der Waals surface area contributed by atoms with E-state index < -0.39 is 11.7 Å². The standard InChI is InChI=1S/C18H16F3NO2S/c19-18(20,21)13-3-1-12(2-4-13)15-10-25-8-7-22(15)14-5-6-16-17(9-14)24-11-23-16/h1-6,9,15H,7-8,10-11H2/t15-/m1/s1. The minimum atomic E-state index is -4.31. The van der Waals surface area contributed by atoms with Crippen LogP contribution in [0, 0.1) is 0 Å². The molecule has 7 heteroatoms. The van der Waals surface area contributed by atoms with E-state index in [2.05, 4.69) is 4.90 Å². The molecule has 0 amide bonds. The van der Waals surface area contributed by atoms with E-state index >= 15 is 0 Å². The van der Waals surface area contributed by atoms with Crippen molar-refractivity contribution in [3.63, 3.8) is 0 Å². The average molecular weight is 367 g/mol. The van der Waals surface area contributed by atoms with Crippen LogP contribution in [0.3, 0.4) is 0 Å². The predicted molar refractivity (Wildman–Crippen MR) is 91.4 cm³/mol. The summed E-state index contributed by atoms with van der Waals surface area (Å²) >= 11 is 1.81. The Morgan fingerprint density at radius 3 is 2.52 bits per heavy atom. The van der Waals surface area contributed by atoms with Crippen molar-refractivity contribution < 1.29 is 22.6 Å². The fourth-order valence-electron chi connectivity index (χ4n) is 3.15. The molecule has 0 unspecified atom stereocenters. The summed E-state index contributed by atoms with van der Waals surface area (Å²) in [6, 6.07) is 11.3. The largest absolute Gasteiger partial charge is 0.454 e. The number of ether oxygens (including phenoxy) is 2. The van der Waals surface area contributed by atoms with Crippen LogP contribution < -0.4 is 14.4 Å². The smallest absolute Gasteiger partial charge is 0.416 e. The van der Waals surface area contributed by atoms with Gasteiger partial charge in [-0.05, 0) is 29.8 Å². The molecule has 1 atom stereocenters. The summed E-state index contributed by atoms with van der Waals surface area (Å²) in [5, 5.41) is 0. The number of rotatable bonds is 2. The molecule has 0 spiro atoms. The second-order valence-corrected chi connectivity index (χ2v) is 7.09. The molecule has 0 saturated carbocycles. The number of hydrogen-bond acceptors (Lipinski definition) is 4. The highest BCUT2D eigenvalue weighted by Crippen LogP contribution is 2.40. The zero-order valence-corrected chi connectivity index (χ0v) is 14.1. The van der Waals surface area contributed by atoms with E-state index in [1.807, 2.05) is 30.0 Å². The number of thioether (sulfide) groups is 1. The maximum Gasteiger partial charge on any atom is 0.416 e. The van der Waals surface area contributed by atoms with Crippen LogP contribution in [0.25, 0.3) is 0 Å². The molecule has 2 aliphatic heterocycles. The molecule has 0 aliphatic carbocycles. The van der Waals surface area contributed by atoms with E-state index in [4.69, 9.17) is 9.47 Å². The van der Waals surface area contributed by atoms with Crippen LogP contribution in [0.2, 0.25) is 0 Å². The topological polar surface area (TPSA) is 21.7 Å². The molecular weight excluding hydrogens is 351 g/mol. The van der Waals surface area contributed by atoms with Crippen LogP contribution in [-0.2, 0) is 6.18 Å². The first-order chi connectivity index (χ1) is 12.0. The van der Waals surface area contributed by atoms with E-state index in [1.54, 1.807) is 12.1 Å².